The van der Waals surface area contributed by atoms with E-state index >= 15 is 0 Å². The Bertz CT molecular complexity index is 1020. The van der Waals surface area contributed by atoms with Crippen molar-refractivity contribution in [2.24, 2.45) is 0 Å². The fraction of sp³-hybridized carbons (Fsp3) is 0.211. The van der Waals surface area contributed by atoms with E-state index in [2.05, 4.69) is 44.8 Å². The summed E-state index contributed by atoms with van der Waals surface area (Å²) in [6.45, 7) is 3.21. The SMILES string of the molecule is CCCCn1cc(Br)c2c3c(-c4ccc(Cl)cc4)onc3ccc21. The Morgan fingerprint density at radius 1 is 1.12 bits per heavy atom. The van der Waals surface area contributed by atoms with Crippen LogP contribution in [0.4, 0.5) is 0 Å². The van der Waals surface area contributed by atoms with Crippen LogP contribution in [0.25, 0.3) is 33.1 Å². The molecule has 2 heterocycles. The van der Waals surface area contributed by atoms with Gasteiger partial charge in [0.1, 0.15) is 5.52 Å². The first-order valence-electron chi connectivity index (χ1n) is 8.01. The molecule has 0 spiro atoms. The number of unbranched alkanes of at least 4 members (excludes halogenated alkanes) is 1. The van der Waals surface area contributed by atoms with Crippen LogP contribution in [0.5, 0.6) is 0 Å². The van der Waals surface area contributed by atoms with Crippen molar-refractivity contribution in [1.82, 2.24) is 9.72 Å². The number of hydrogen-bond acceptors (Lipinski definition) is 2. The standard InChI is InChI=1S/C19H16BrClN2O/c1-2-3-10-23-11-14(20)17-16(23)9-8-15-18(17)19(24-22-15)12-4-6-13(21)7-5-12/h4-9,11H,2-3,10H2,1H3. The zero-order chi connectivity index (χ0) is 16.7. The summed E-state index contributed by atoms with van der Waals surface area (Å²) in [5.41, 5.74) is 3.03. The molecule has 0 aliphatic rings. The minimum absolute atomic E-state index is 0.708. The third kappa shape index (κ3) is 2.54. The molecule has 0 fully saturated rings. The molecule has 0 amide bonds. The predicted octanol–water partition coefficient (Wildman–Crippen LogP) is 6.67. The number of hydrogen-bond donors (Lipinski definition) is 0. The molecule has 122 valence electrons. The zero-order valence-electron chi connectivity index (χ0n) is 13.2. The van der Waals surface area contributed by atoms with Gasteiger partial charge in [0.05, 0.1) is 10.9 Å². The lowest BCUT2D eigenvalue weighted by Crippen LogP contribution is -1.94. The molecule has 0 radical (unpaired) electrons. The summed E-state index contributed by atoms with van der Waals surface area (Å²) >= 11 is 9.73. The van der Waals surface area contributed by atoms with Crippen molar-refractivity contribution < 1.29 is 4.52 Å². The number of fused-ring (bicyclic) bond motifs is 3. The van der Waals surface area contributed by atoms with Crippen LogP contribution in [0.2, 0.25) is 5.02 Å². The Balaban J connectivity index is 1.98. The summed E-state index contributed by atoms with van der Waals surface area (Å²) in [6, 6.07) is 11.8. The molecule has 2 aromatic carbocycles. The van der Waals surface area contributed by atoms with Crippen LogP contribution in [0.3, 0.4) is 0 Å². The average molecular weight is 404 g/mol. The van der Waals surface area contributed by atoms with E-state index in [1.54, 1.807) is 0 Å². The van der Waals surface area contributed by atoms with Gasteiger partial charge < -0.3 is 9.09 Å². The highest BCUT2D eigenvalue weighted by atomic mass is 79.9. The summed E-state index contributed by atoms with van der Waals surface area (Å²) in [5, 5.41) is 7.14. The Morgan fingerprint density at radius 3 is 2.67 bits per heavy atom. The molecule has 0 unspecified atom stereocenters. The molecule has 0 saturated heterocycles. The molecular weight excluding hydrogens is 388 g/mol. The smallest absolute Gasteiger partial charge is 0.175 e. The van der Waals surface area contributed by atoms with Crippen LogP contribution in [0, 0.1) is 0 Å². The molecule has 0 aliphatic carbocycles. The molecule has 2 aromatic heterocycles. The quantitative estimate of drug-likeness (QED) is 0.381. The summed E-state index contributed by atoms with van der Waals surface area (Å²) in [7, 11) is 0. The predicted molar refractivity (Wildman–Crippen MR) is 103 cm³/mol. The molecule has 0 aliphatic heterocycles. The van der Waals surface area contributed by atoms with Gasteiger partial charge in [-0.05, 0) is 58.7 Å². The second kappa shape index (κ2) is 6.26. The van der Waals surface area contributed by atoms with Gasteiger partial charge in [-0.25, -0.2) is 0 Å². The fourth-order valence-corrected chi connectivity index (χ4v) is 3.87. The van der Waals surface area contributed by atoms with Gasteiger partial charge in [-0.2, -0.15) is 0 Å². The average Bonchev–Trinajstić information content (AvgIpc) is 3.15. The Morgan fingerprint density at radius 2 is 1.92 bits per heavy atom. The first kappa shape index (κ1) is 15.7. The van der Waals surface area contributed by atoms with Gasteiger partial charge in [0.25, 0.3) is 0 Å². The van der Waals surface area contributed by atoms with E-state index in [1.807, 2.05) is 30.3 Å². The lowest BCUT2D eigenvalue weighted by molar-refractivity contribution is 0.441. The van der Waals surface area contributed by atoms with E-state index in [0.717, 1.165) is 45.1 Å². The largest absolute Gasteiger partial charge is 0.355 e. The van der Waals surface area contributed by atoms with Gasteiger partial charge in [-0.1, -0.05) is 30.1 Å². The minimum atomic E-state index is 0.708. The molecule has 0 N–H and O–H groups in total. The first-order chi connectivity index (χ1) is 11.7. The summed E-state index contributed by atoms with van der Waals surface area (Å²) in [6.07, 6.45) is 4.48. The maximum Gasteiger partial charge on any atom is 0.175 e. The summed E-state index contributed by atoms with van der Waals surface area (Å²) in [5.74, 6) is 0.779. The Kier molecular flexibility index (Phi) is 4.10. The molecule has 0 bridgehead atoms. The summed E-state index contributed by atoms with van der Waals surface area (Å²) < 4.78 is 9.03. The van der Waals surface area contributed by atoms with Crippen molar-refractivity contribution in [2.45, 2.75) is 26.3 Å². The van der Waals surface area contributed by atoms with Crippen molar-refractivity contribution in [2.75, 3.05) is 0 Å². The molecule has 4 rings (SSSR count). The van der Waals surface area contributed by atoms with Crippen molar-refractivity contribution >= 4 is 49.3 Å². The van der Waals surface area contributed by atoms with Crippen LogP contribution < -0.4 is 0 Å². The molecule has 4 aromatic rings. The van der Waals surface area contributed by atoms with E-state index < -0.39 is 0 Å². The third-order valence-electron chi connectivity index (χ3n) is 4.30. The zero-order valence-corrected chi connectivity index (χ0v) is 15.6. The van der Waals surface area contributed by atoms with E-state index in [9.17, 15) is 0 Å². The number of halogens is 2. The second-order valence-electron chi connectivity index (χ2n) is 5.90. The van der Waals surface area contributed by atoms with Crippen LogP contribution in [0.1, 0.15) is 19.8 Å². The lowest BCUT2D eigenvalue weighted by Gasteiger charge is -2.04. The lowest BCUT2D eigenvalue weighted by atomic mass is 10.1. The van der Waals surface area contributed by atoms with Crippen LogP contribution in [0.15, 0.2) is 51.6 Å². The minimum Gasteiger partial charge on any atom is -0.355 e. The number of aromatic nitrogens is 2. The number of benzene rings is 2. The van der Waals surface area contributed by atoms with Gasteiger partial charge >= 0.3 is 0 Å². The van der Waals surface area contributed by atoms with Crippen LogP contribution in [-0.2, 0) is 6.54 Å². The molecule has 5 heteroatoms. The maximum atomic E-state index is 6.01. The highest BCUT2D eigenvalue weighted by Gasteiger charge is 2.18. The van der Waals surface area contributed by atoms with E-state index in [-0.39, 0.29) is 0 Å². The van der Waals surface area contributed by atoms with E-state index in [0.29, 0.717) is 5.02 Å². The highest BCUT2D eigenvalue weighted by molar-refractivity contribution is 9.10. The second-order valence-corrected chi connectivity index (χ2v) is 7.19. The molecule has 0 atom stereocenters. The van der Waals surface area contributed by atoms with E-state index in [1.165, 1.54) is 11.9 Å². The number of rotatable bonds is 4. The Labute approximate surface area is 153 Å². The van der Waals surface area contributed by atoms with Gasteiger partial charge in [0.2, 0.25) is 0 Å². The third-order valence-corrected chi connectivity index (χ3v) is 5.15. The van der Waals surface area contributed by atoms with Crippen LogP contribution in [-0.4, -0.2) is 9.72 Å². The van der Waals surface area contributed by atoms with E-state index in [4.69, 9.17) is 16.1 Å². The fourth-order valence-electron chi connectivity index (χ4n) is 3.09. The van der Waals surface area contributed by atoms with Crippen molar-refractivity contribution in [3.8, 4) is 11.3 Å². The molecule has 0 saturated carbocycles. The molecular formula is C19H16BrClN2O. The van der Waals surface area contributed by atoms with Gasteiger partial charge in [-0.15, -0.1) is 0 Å². The first-order valence-corrected chi connectivity index (χ1v) is 9.19. The monoisotopic (exact) mass is 402 g/mol. The number of aryl methyl sites for hydroxylation is 1. The maximum absolute atomic E-state index is 6.01. The van der Waals surface area contributed by atoms with Crippen molar-refractivity contribution in [3.63, 3.8) is 0 Å². The van der Waals surface area contributed by atoms with Crippen molar-refractivity contribution in [3.05, 3.63) is 52.1 Å². The molecule has 24 heavy (non-hydrogen) atoms. The number of nitrogens with zero attached hydrogens (tertiary/aromatic N) is 2. The summed E-state index contributed by atoms with van der Waals surface area (Å²) in [4.78, 5) is 0. The Hall–Kier alpha value is -1.78. The van der Waals surface area contributed by atoms with Gasteiger partial charge in [0.15, 0.2) is 5.76 Å². The normalized spacial score (nSPS) is 11.6. The van der Waals surface area contributed by atoms with Gasteiger partial charge in [0, 0.05) is 33.2 Å². The highest BCUT2D eigenvalue weighted by Crippen LogP contribution is 2.39. The topological polar surface area (TPSA) is 31.0 Å². The molecule has 3 nitrogen and oxygen atoms in total. The van der Waals surface area contributed by atoms with Gasteiger partial charge in [-0.3, -0.25) is 0 Å². The van der Waals surface area contributed by atoms with Crippen molar-refractivity contribution in [1.29, 1.82) is 0 Å². The van der Waals surface area contributed by atoms with Crippen LogP contribution >= 0.6 is 27.5 Å².